The molecule has 1 aromatic heterocycles. The lowest BCUT2D eigenvalue weighted by Gasteiger charge is -2.38. The number of ether oxygens (including phenoxy) is 1. The molecule has 9 heteroatoms. The molecule has 2 aliphatic heterocycles. The highest BCUT2D eigenvalue weighted by atomic mass is 19.4. The van der Waals surface area contributed by atoms with Crippen LogP contribution in [0.5, 0.6) is 5.75 Å². The summed E-state index contributed by atoms with van der Waals surface area (Å²) in [7, 11) is 4.04. The topological polar surface area (TPSA) is 48.9 Å². The number of likely N-dealkylation sites (N-methyl/N-ethyl adjacent to an activating group) is 1. The Labute approximate surface area is 204 Å². The highest BCUT2D eigenvalue weighted by molar-refractivity contribution is 5.93. The molecule has 0 spiro atoms. The summed E-state index contributed by atoms with van der Waals surface area (Å²) in [5.74, 6) is 0.605. The summed E-state index contributed by atoms with van der Waals surface area (Å²) in [6.07, 6.45) is -2.87. The van der Waals surface area contributed by atoms with Gasteiger partial charge < -0.3 is 14.5 Å². The van der Waals surface area contributed by atoms with Gasteiger partial charge in [0.2, 0.25) is 0 Å². The van der Waals surface area contributed by atoms with E-state index in [1.165, 1.54) is 17.2 Å². The van der Waals surface area contributed by atoms with Gasteiger partial charge in [-0.25, -0.2) is 0 Å². The number of pyridine rings is 1. The first-order valence-electron chi connectivity index (χ1n) is 11.9. The zero-order valence-electron chi connectivity index (χ0n) is 20.9. The van der Waals surface area contributed by atoms with E-state index in [2.05, 4.69) is 41.6 Å². The van der Waals surface area contributed by atoms with Gasteiger partial charge in [-0.1, -0.05) is 6.07 Å². The van der Waals surface area contributed by atoms with Crippen molar-refractivity contribution in [2.75, 3.05) is 40.3 Å². The summed E-state index contributed by atoms with van der Waals surface area (Å²) < 4.78 is 44.4. The first-order valence-corrected chi connectivity index (χ1v) is 11.9. The number of hydrogen-bond acceptors (Lipinski definition) is 5. The number of piperazine rings is 1. The summed E-state index contributed by atoms with van der Waals surface area (Å²) in [6, 6.07) is 6.70. The van der Waals surface area contributed by atoms with Crippen molar-refractivity contribution in [1.82, 2.24) is 19.7 Å². The van der Waals surface area contributed by atoms with E-state index >= 15 is 0 Å². The van der Waals surface area contributed by atoms with Gasteiger partial charge in [-0.05, 0) is 76.2 Å². The molecule has 2 bridgehead atoms. The maximum atomic E-state index is 13.0. The van der Waals surface area contributed by atoms with Crippen LogP contribution in [0.25, 0.3) is 0 Å². The van der Waals surface area contributed by atoms with Gasteiger partial charge in [0.15, 0.2) is 0 Å². The van der Waals surface area contributed by atoms with Gasteiger partial charge in [-0.2, -0.15) is 13.2 Å². The van der Waals surface area contributed by atoms with Crippen molar-refractivity contribution in [3.8, 4) is 5.75 Å². The predicted octanol–water partition coefficient (Wildman–Crippen LogP) is 4.32. The lowest BCUT2D eigenvalue weighted by atomic mass is 9.96. The molecule has 0 saturated carbocycles. The summed E-state index contributed by atoms with van der Waals surface area (Å²) in [5, 5.41) is 0. The Balaban J connectivity index is 1.41. The smallest absolute Gasteiger partial charge is 0.417 e. The first-order chi connectivity index (χ1) is 16.5. The number of aromatic nitrogens is 1. The van der Waals surface area contributed by atoms with Crippen LogP contribution in [0.1, 0.15) is 52.1 Å². The van der Waals surface area contributed by atoms with Crippen LogP contribution in [0.4, 0.5) is 13.2 Å². The number of amides is 1. The molecule has 6 nitrogen and oxygen atoms in total. The van der Waals surface area contributed by atoms with Crippen LogP contribution in [0.15, 0.2) is 30.5 Å². The van der Waals surface area contributed by atoms with E-state index < -0.39 is 11.7 Å². The fraction of sp³-hybridized carbons (Fsp3) is 0.538. The molecule has 1 aromatic carbocycles. The van der Waals surface area contributed by atoms with Gasteiger partial charge in [0.05, 0.1) is 5.56 Å². The van der Waals surface area contributed by atoms with Crippen LogP contribution < -0.4 is 4.74 Å². The first kappa shape index (κ1) is 25.4. The Morgan fingerprint density at radius 2 is 1.89 bits per heavy atom. The van der Waals surface area contributed by atoms with E-state index in [9.17, 15) is 18.0 Å². The summed E-state index contributed by atoms with van der Waals surface area (Å²) in [5.41, 5.74) is 2.81. The molecule has 0 N–H and O–H groups in total. The SMILES string of the molecule is Cc1c(OCCN(C)C)ccc([C@H](C)N2C[C@H]3C[C@@H]2CN3C(=O)c2ccc(C(F)(F)F)cn2)c1C. The number of hydrogen-bond donors (Lipinski definition) is 0. The molecule has 35 heavy (non-hydrogen) atoms. The van der Waals surface area contributed by atoms with Crippen molar-refractivity contribution in [1.29, 1.82) is 0 Å². The second kappa shape index (κ2) is 9.78. The Kier molecular flexibility index (Phi) is 7.11. The maximum absolute atomic E-state index is 13.0. The van der Waals surface area contributed by atoms with Gasteiger partial charge in [-0.15, -0.1) is 0 Å². The number of nitrogens with zero attached hydrogens (tertiary/aromatic N) is 4. The highest BCUT2D eigenvalue weighted by Gasteiger charge is 2.47. The number of carbonyl (C=O) groups excluding carboxylic acids is 1. The van der Waals surface area contributed by atoms with Crippen molar-refractivity contribution in [2.24, 2.45) is 0 Å². The number of carbonyl (C=O) groups is 1. The second-order valence-electron chi connectivity index (χ2n) is 9.86. The molecule has 2 fully saturated rings. The average molecular weight is 491 g/mol. The minimum atomic E-state index is -4.47. The molecule has 2 aromatic rings. The Morgan fingerprint density at radius 3 is 2.46 bits per heavy atom. The minimum absolute atomic E-state index is 0.0362. The largest absolute Gasteiger partial charge is 0.492 e. The monoisotopic (exact) mass is 490 g/mol. The third-order valence-electron chi connectivity index (χ3n) is 7.38. The molecule has 3 heterocycles. The second-order valence-corrected chi connectivity index (χ2v) is 9.86. The van der Waals surface area contributed by atoms with Crippen molar-refractivity contribution in [2.45, 2.75) is 51.5 Å². The van der Waals surface area contributed by atoms with Crippen LogP contribution in [0, 0.1) is 13.8 Å². The number of likely N-dealkylation sites (tertiary alicyclic amines) is 2. The Morgan fingerprint density at radius 1 is 1.14 bits per heavy atom. The number of fused-ring (bicyclic) bond motifs is 2. The maximum Gasteiger partial charge on any atom is 0.417 e. The van der Waals surface area contributed by atoms with E-state index in [1.807, 2.05) is 20.2 Å². The third-order valence-corrected chi connectivity index (χ3v) is 7.38. The van der Waals surface area contributed by atoms with E-state index in [0.717, 1.165) is 43.1 Å². The number of rotatable bonds is 7. The molecular formula is C26H33F3N4O2. The molecule has 4 rings (SSSR count). The normalized spacial score (nSPS) is 21.1. The zero-order chi connectivity index (χ0) is 25.5. The minimum Gasteiger partial charge on any atom is -0.492 e. The third kappa shape index (κ3) is 5.16. The van der Waals surface area contributed by atoms with Crippen molar-refractivity contribution < 1.29 is 22.7 Å². The standard InChI is InChI=1S/C26H33F3N4O2/c1-16-17(2)24(35-11-10-31(4)5)9-7-22(16)18(3)32-14-21-12-20(32)15-33(21)25(34)23-8-6-19(13-30-23)26(27,28)29/h6-9,13,18,20-21H,10-12,14-15H2,1-5H3/t18-,20+,21+/m0/s1. The van der Waals surface area contributed by atoms with Gasteiger partial charge in [0, 0.05) is 44.0 Å². The van der Waals surface area contributed by atoms with Gasteiger partial charge >= 0.3 is 6.18 Å². The summed E-state index contributed by atoms with van der Waals surface area (Å²) in [4.78, 5) is 23.0. The zero-order valence-corrected chi connectivity index (χ0v) is 20.9. The molecule has 3 atom stereocenters. The molecule has 0 unspecified atom stereocenters. The lowest BCUT2D eigenvalue weighted by Crippen LogP contribution is -2.49. The van der Waals surface area contributed by atoms with Gasteiger partial charge in [0.25, 0.3) is 5.91 Å². The van der Waals surface area contributed by atoms with Crippen molar-refractivity contribution >= 4 is 5.91 Å². The highest BCUT2D eigenvalue weighted by Crippen LogP contribution is 2.39. The number of halogens is 3. The van der Waals surface area contributed by atoms with Gasteiger partial charge in [0.1, 0.15) is 18.1 Å². The van der Waals surface area contributed by atoms with E-state index in [-0.39, 0.29) is 29.7 Å². The van der Waals surface area contributed by atoms with Crippen LogP contribution in [-0.2, 0) is 6.18 Å². The van der Waals surface area contributed by atoms with Crippen LogP contribution in [0.3, 0.4) is 0 Å². The molecule has 1 amide bonds. The molecular weight excluding hydrogens is 457 g/mol. The Bertz CT molecular complexity index is 1070. The molecule has 2 aliphatic rings. The van der Waals surface area contributed by atoms with E-state index in [4.69, 9.17) is 4.74 Å². The fourth-order valence-electron chi connectivity index (χ4n) is 5.20. The molecule has 190 valence electrons. The van der Waals surface area contributed by atoms with Crippen molar-refractivity contribution in [3.05, 3.63) is 58.4 Å². The van der Waals surface area contributed by atoms with E-state index in [0.29, 0.717) is 13.2 Å². The van der Waals surface area contributed by atoms with E-state index in [1.54, 1.807) is 4.90 Å². The predicted molar refractivity (Wildman–Crippen MR) is 128 cm³/mol. The lowest BCUT2D eigenvalue weighted by molar-refractivity contribution is -0.137. The number of benzene rings is 1. The fourth-order valence-corrected chi connectivity index (χ4v) is 5.20. The summed E-state index contributed by atoms with van der Waals surface area (Å²) in [6.45, 7) is 9.18. The Hall–Kier alpha value is -2.65. The van der Waals surface area contributed by atoms with Crippen LogP contribution in [0.2, 0.25) is 0 Å². The van der Waals surface area contributed by atoms with Crippen LogP contribution >= 0.6 is 0 Å². The molecule has 2 saturated heterocycles. The quantitative estimate of drug-likeness (QED) is 0.579. The van der Waals surface area contributed by atoms with Gasteiger partial charge in [-0.3, -0.25) is 14.7 Å². The molecule has 0 aliphatic carbocycles. The average Bonchev–Trinajstić information content (AvgIpc) is 3.41. The number of alkyl halides is 3. The van der Waals surface area contributed by atoms with Crippen molar-refractivity contribution in [3.63, 3.8) is 0 Å². The van der Waals surface area contributed by atoms with Crippen LogP contribution in [-0.4, -0.2) is 78.0 Å². The summed E-state index contributed by atoms with van der Waals surface area (Å²) >= 11 is 0. The molecule has 0 radical (unpaired) electrons.